The van der Waals surface area contributed by atoms with Gasteiger partial charge in [-0.25, -0.2) is 4.79 Å². The van der Waals surface area contributed by atoms with Gasteiger partial charge in [0.15, 0.2) is 5.79 Å². The van der Waals surface area contributed by atoms with Gasteiger partial charge in [-0.05, 0) is 88.9 Å². The number of hydrogen-bond acceptors (Lipinski definition) is 7. The van der Waals surface area contributed by atoms with E-state index in [-0.39, 0.29) is 17.9 Å². The first-order valence-electron chi connectivity index (χ1n) is 14.2. The van der Waals surface area contributed by atoms with Gasteiger partial charge in [0.25, 0.3) is 0 Å². The van der Waals surface area contributed by atoms with Gasteiger partial charge in [0.2, 0.25) is 5.79 Å². The Hall–Kier alpha value is -1.25. The van der Waals surface area contributed by atoms with Gasteiger partial charge in [0.1, 0.15) is 23.9 Å². The highest BCUT2D eigenvalue weighted by molar-refractivity contribution is 5.91. The van der Waals surface area contributed by atoms with Crippen LogP contribution in [-0.4, -0.2) is 58.3 Å². The topological polar surface area (TPSA) is 94.5 Å². The lowest BCUT2D eigenvalue weighted by Crippen LogP contribution is -2.78. The summed E-state index contributed by atoms with van der Waals surface area (Å²) in [4.78, 5) is 12.0. The average Bonchev–Trinajstić information content (AvgIpc) is 3.13. The summed E-state index contributed by atoms with van der Waals surface area (Å²) in [5, 5.41) is 21.3. The van der Waals surface area contributed by atoms with Crippen LogP contribution in [0.5, 0.6) is 0 Å². The second-order valence-corrected chi connectivity index (χ2v) is 13.6. The molecule has 5 saturated heterocycles. The standard InChI is InChI=1S/C30H46O7/c1-19-7-9-21(26(2,3)23(19)12-11-22-24(31)18-34-25(22)32)10-8-20-13-14-30(35-17-20)28(6)15-16-29(33,37-30)27(4,5)36-28/h11,20-21,23-24,31,33H,1,7-10,12-18H2,2-6H3/b22-11+/t20-,21+,23+,24+,28+,29+,30+/m1/s1. The first-order valence-corrected chi connectivity index (χ1v) is 14.2. The zero-order valence-electron chi connectivity index (χ0n) is 23.3. The van der Waals surface area contributed by atoms with Crippen LogP contribution in [0, 0.1) is 23.2 Å². The van der Waals surface area contributed by atoms with E-state index in [1.165, 1.54) is 5.57 Å². The Balaban J connectivity index is 1.19. The number of carbonyl (C=O) groups excluding carboxylic acids is 1. The van der Waals surface area contributed by atoms with E-state index < -0.39 is 34.8 Å². The van der Waals surface area contributed by atoms with Crippen molar-refractivity contribution in [2.24, 2.45) is 23.2 Å². The van der Waals surface area contributed by atoms with Crippen molar-refractivity contribution in [3.63, 3.8) is 0 Å². The number of carbonyl (C=O) groups is 1. The molecule has 6 fully saturated rings. The van der Waals surface area contributed by atoms with Crippen molar-refractivity contribution in [3.05, 3.63) is 23.8 Å². The van der Waals surface area contributed by atoms with Crippen LogP contribution < -0.4 is 0 Å². The minimum atomic E-state index is -1.32. The largest absolute Gasteiger partial charge is 0.459 e. The highest BCUT2D eigenvalue weighted by atomic mass is 16.8. The SMILES string of the molecule is C=C1CC[C@@H](CC[C@@H]2CC[C@]3(OC2)O[C@@]2(O)CC[C@]3(C)OC2(C)C)C(C)(C)[C@H]1C/C=C1/C(=O)OC[C@@H]1O. The van der Waals surface area contributed by atoms with Crippen molar-refractivity contribution in [2.75, 3.05) is 13.2 Å². The number of aliphatic hydroxyl groups excluding tert-OH is 1. The Morgan fingerprint density at radius 1 is 1.03 bits per heavy atom. The van der Waals surface area contributed by atoms with E-state index in [9.17, 15) is 15.0 Å². The molecule has 6 aliphatic rings. The Morgan fingerprint density at radius 2 is 1.78 bits per heavy atom. The monoisotopic (exact) mass is 518 g/mol. The molecule has 1 spiro atoms. The fourth-order valence-electron chi connectivity index (χ4n) is 7.82. The van der Waals surface area contributed by atoms with Crippen LogP contribution in [0.3, 0.4) is 0 Å². The smallest absolute Gasteiger partial charge is 0.336 e. The van der Waals surface area contributed by atoms with E-state index in [4.69, 9.17) is 18.9 Å². The summed E-state index contributed by atoms with van der Waals surface area (Å²) in [6.45, 7) is 15.6. The van der Waals surface area contributed by atoms with Crippen LogP contribution >= 0.6 is 0 Å². The van der Waals surface area contributed by atoms with Crippen LogP contribution in [-0.2, 0) is 23.7 Å². The quantitative estimate of drug-likeness (QED) is 0.307. The van der Waals surface area contributed by atoms with Gasteiger partial charge in [-0.1, -0.05) is 32.1 Å². The molecule has 0 aromatic rings. The van der Waals surface area contributed by atoms with Crippen LogP contribution in [0.25, 0.3) is 0 Å². The molecule has 2 N–H and O–H groups in total. The molecule has 6 rings (SSSR count). The number of rotatable bonds is 5. The third-order valence-corrected chi connectivity index (χ3v) is 10.7. The van der Waals surface area contributed by atoms with Gasteiger partial charge in [-0.3, -0.25) is 0 Å². The lowest BCUT2D eigenvalue weighted by molar-refractivity contribution is -0.522. The molecule has 208 valence electrons. The van der Waals surface area contributed by atoms with Gasteiger partial charge < -0.3 is 29.2 Å². The molecule has 0 radical (unpaired) electrons. The molecule has 5 heterocycles. The van der Waals surface area contributed by atoms with Crippen LogP contribution in [0.4, 0.5) is 0 Å². The fourth-order valence-corrected chi connectivity index (χ4v) is 7.82. The molecule has 0 aromatic heterocycles. The Labute approximate surface area is 221 Å². The Morgan fingerprint density at radius 3 is 2.41 bits per heavy atom. The van der Waals surface area contributed by atoms with E-state index in [2.05, 4.69) is 27.4 Å². The Bertz CT molecular complexity index is 959. The zero-order chi connectivity index (χ0) is 26.9. The van der Waals surface area contributed by atoms with Gasteiger partial charge in [0, 0.05) is 12.8 Å². The van der Waals surface area contributed by atoms with Gasteiger partial charge in [-0.15, -0.1) is 0 Å². The Kier molecular flexibility index (Phi) is 6.76. The summed E-state index contributed by atoms with van der Waals surface area (Å²) in [6.07, 6.45) is 9.09. The molecule has 7 heteroatoms. The zero-order valence-corrected chi connectivity index (χ0v) is 23.3. The minimum Gasteiger partial charge on any atom is -0.459 e. The van der Waals surface area contributed by atoms with Crippen LogP contribution in [0.15, 0.2) is 23.8 Å². The second-order valence-electron chi connectivity index (χ2n) is 13.6. The summed E-state index contributed by atoms with van der Waals surface area (Å²) in [7, 11) is 0. The molecule has 2 bridgehead atoms. The summed E-state index contributed by atoms with van der Waals surface area (Å²) in [5.74, 6) is -1.34. The summed E-state index contributed by atoms with van der Waals surface area (Å²) in [5.41, 5.74) is 0.353. The van der Waals surface area contributed by atoms with Gasteiger partial charge in [0.05, 0.1) is 12.2 Å². The first kappa shape index (κ1) is 27.3. The molecular weight excluding hydrogens is 472 g/mol. The summed E-state index contributed by atoms with van der Waals surface area (Å²) < 4.78 is 24.2. The second kappa shape index (κ2) is 9.16. The number of esters is 1. The molecule has 7 nitrogen and oxygen atoms in total. The third kappa shape index (κ3) is 4.43. The molecule has 7 atom stereocenters. The maximum absolute atomic E-state index is 12.0. The first-order chi connectivity index (χ1) is 17.2. The molecule has 1 aliphatic carbocycles. The van der Waals surface area contributed by atoms with Crippen molar-refractivity contribution < 1.29 is 34.0 Å². The molecule has 0 unspecified atom stereocenters. The van der Waals surface area contributed by atoms with Gasteiger partial charge >= 0.3 is 5.97 Å². The lowest BCUT2D eigenvalue weighted by Gasteiger charge is -2.66. The van der Waals surface area contributed by atoms with E-state index in [0.29, 0.717) is 36.9 Å². The van der Waals surface area contributed by atoms with Crippen LogP contribution in [0.2, 0.25) is 0 Å². The molecule has 0 amide bonds. The predicted molar refractivity (Wildman–Crippen MR) is 138 cm³/mol. The molecule has 5 aliphatic heterocycles. The predicted octanol–water partition coefficient (Wildman–Crippen LogP) is 4.80. The van der Waals surface area contributed by atoms with E-state index in [1.807, 2.05) is 19.9 Å². The molecule has 1 saturated carbocycles. The van der Waals surface area contributed by atoms with Crippen molar-refractivity contribution in [3.8, 4) is 0 Å². The molecule has 0 aromatic carbocycles. The van der Waals surface area contributed by atoms with Gasteiger partial charge in [-0.2, -0.15) is 0 Å². The summed E-state index contributed by atoms with van der Waals surface area (Å²) >= 11 is 0. The number of ether oxygens (including phenoxy) is 4. The van der Waals surface area contributed by atoms with E-state index in [0.717, 1.165) is 44.9 Å². The van der Waals surface area contributed by atoms with E-state index >= 15 is 0 Å². The molecular formula is C30H46O7. The number of hydrogen-bond donors (Lipinski definition) is 2. The highest BCUT2D eigenvalue weighted by Gasteiger charge is 2.71. The lowest BCUT2D eigenvalue weighted by atomic mass is 9.58. The normalized spacial score (nSPS) is 46.0. The number of cyclic esters (lactones) is 1. The van der Waals surface area contributed by atoms with Crippen LogP contribution in [0.1, 0.15) is 92.4 Å². The average molecular weight is 519 g/mol. The van der Waals surface area contributed by atoms with Crippen molar-refractivity contribution >= 4 is 5.97 Å². The summed E-state index contributed by atoms with van der Waals surface area (Å²) in [6, 6.07) is 0. The molecule has 37 heavy (non-hydrogen) atoms. The maximum atomic E-state index is 12.0. The number of aliphatic hydroxyl groups is 2. The fraction of sp³-hybridized carbons (Fsp3) is 0.833. The highest BCUT2D eigenvalue weighted by Crippen LogP contribution is 2.59. The third-order valence-electron chi connectivity index (χ3n) is 10.7. The van der Waals surface area contributed by atoms with Crippen molar-refractivity contribution in [2.45, 2.75) is 121 Å². The number of allylic oxidation sites excluding steroid dienone is 2. The van der Waals surface area contributed by atoms with Crippen molar-refractivity contribution in [1.82, 2.24) is 0 Å². The number of fused-ring (bicyclic) bond motifs is 2. The maximum Gasteiger partial charge on any atom is 0.336 e. The van der Waals surface area contributed by atoms with Crippen molar-refractivity contribution in [1.29, 1.82) is 0 Å². The van der Waals surface area contributed by atoms with E-state index in [1.54, 1.807) is 0 Å². The minimum absolute atomic E-state index is 0.0401.